The van der Waals surface area contributed by atoms with E-state index in [2.05, 4.69) is 0 Å². The van der Waals surface area contributed by atoms with Gasteiger partial charge in [-0.3, -0.25) is 4.79 Å². The van der Waals surface area contributed by atoms with E-state index in [0.29, 0.717) is 18.5 Å². The van der Waals surface area contributed by atoms with Crippen LogP contribution in [0.4, 0.5) is 4.39 Å². The van der Waals surface area contributed by atoms with Gasteiger partial charge in [0.15, 0.2) is 0 Å². The molecule has 0 unspecified atom stereocenters. The first kappa shape index (κ1) is 10.6. The Morgan fingerprint density at radius 3 is 2.81 bits per heavy atom. The van der Waals surface area contributed by atoms with E-state index in [9.17, 15) is 14.0 Å². The predicted octanol–water partition coefficient (Wildman–Crippen LogP) is 0.795. The summed E-state index contributed by atoms with van der Waals surface area (Å²) >= 11 is 0. The zero-order valence-corrected chi connectivity index (χ0v) is 8.44. The Labute approximate surface area is 91.3 Å². The molecule has 0 saturated carbocycles. The lowest BCUT2D eigenvalue weighted by atomic mass is 9.99. The Morgan fingerprint density at radius 2 is 2.12 bits per heavy atom. The maximum absolute atomic E-state index is 13.4. The molecule has 0 fully saturated rings. The van der Waals surface area contributed by atoms with Crippen LogP contribution in [0, 0.1) is 5.82 Å². The number of benzene rings is 1. The number of fused-ring (bicyclic) bond motifs is 1. The quantitative estimate of drug-likeness (QED) is 0.662. The van der Waals surface area contributed by atoms with Crippen LogP contribution in [0.15, 0.2) is 18.2 Å². The van der Waals surface area contributed by atoms with Crippen LogP contribution >= 0.6 is 0 Å². The van der Waals surface area contributed by atoms with Gasteiger partial charge >= 0.3 is 11.9 Å². The zero-order chi connectivity index (χ0) is 11.7. The smallest absolute Gasteiger partial charge is 0.394 e. The van der Waals surface area contributed by atoms with Crippen molar-refractivity contribution >= 4 is 11.9 Å². The summed E-state index contributed by atoms with van der Waals surface area (Å²) in [6, 6.07) is 4.72. The van der Waals surface area contributed by atoms with Crippen molar-refractivity contribution in [1.82, 2.24) is 4.90 Å². The minimum absolute atomic E-state index is 0.0349. The molecule has 5 heteroatoms. The van der Waals surface area contributed by atoms with E-state index < -0.39 is 11.9 Å². The topological polar surface area (TPSA) is 57.6 Å². The van der Waals surface area contributed by atoms with Gasteiger partial charge < -0.3 is 10.0 Å². The number of carbonyl (C=O) groups excluding carboxylic acids is 1. The molecule has 16 heavy (non-hydrogen) atoms. The zero-order valence-electron chi connectivity index (χ0n) is 8.44. The van der Waals surface area contributed by atoms with Gasteiger partial charge in [-0.05, 0) is 18.1 Å². The number of carboxylic acids is 1. The Kier molecular flexibility index (Phi) is 2.60. The molecule has 0 bridgehead atoms. The van der Waals surface area contributed by atoms with E-state index in [-0.39, 0.29) is 12.4 Å². The normalized spacial score (nSPS) is 14.4. The average molecular weight is 223 g/mol. The third kappa shape index (κ3) is 1.76. The van der Waals surface area contributed by atoms with Crippen molar-refractivity contribution < 1.29 is 19.1 Å². The third-order valence-corrected chi connectivity index (χ3v) is 2.69. The number of halogens is 1. The molecule has 84 valence electrons. The van der Waals surface area contributed by atoms with E-state index >= 15 is 0 Å². The van der Waals surface area contributed by atoms with Gasteiger partial charge in [0.25, 0.3) is 0 Å². The molecule has 1 aromatic rings. The highest BCUT2D eigenvalue weighted by Gasteiger charge is 2.26. The molecular formula is C11H10FNO3. The Hall–Kier alpha value is -1.91. The number of carboxylic acid groups (broad SMARTS) is 1. The predicted molar refractivity (Wildman–Crippen MR) is 53.2 cm³/mol. The molecule has 0 radical (unpaired) electrons. The van der Waals surface area contributed by atoms with Crippen molar-refractivity contribution in [2.24, 2.45) is 0 Å². The van der Waals surface area contributed by atoms with E-state index in [0.717, 1.165) is 10.5 Å². The first-order valence-electron chi connectivity index (χ1n) is 4.88. The monoisotopic (exact) mass is 223 g/mol. The van der Waals surface area contributed by atoms with Crippen molar-refractivity contribution in [2.75, 3.05) is 6.54 Å². The molecule has 0 spiro atoms. The number of amides is 1. The molecule has 1 aliphatic rings. The molecule has 0 aromatic heterocycles. The van der Waals surface area contributed by atoms with Crippen molar-refractivity contribution in [3.05, 3.63) is 35.1 Å². The van der Waals surface area contributed by atoms with Crippen molar-refractivity contribution in [2.45, 2.75) is 13.0 Å². The molecule has 1 heterocycles. The van der Waals surface area contributed by atoms with E-state index in [4.69, 9.17) is 5.11 Å². The Balaban J connectivity index is 2.27. The summed E-state index contributed by atoms with van der Waals surface area (Å²) in [6.07, 6.45) is 0.492. The van der Waals surface area contributed by atoms with E-state index in [1.54, 1.807) is 12.1 Å². The van der Waals surface area contributed by atoms with E-state index in [1.165, 1.54) is 6.07 Å². The highest BCUT2D eigenvalue weighted by atomic mass is 19.1. The number of aliphatic carboxylic acids is 1. The van der Waals surface area contributed by atoms with Gasteiger partial charge in [-0.2, -0.15) is 0 Å². The van der Waals surface area contributed by atoms with Crippen molar-refractivity contribution in [3.8, 4) is 0 Å². The fourth-order valence-electron chi connectivity index (χ4n) is 1.85. The largest absolute Gasteiger partial charge is 0.474 e. The maximum atomic E-state index is 13.4. The number of nitrogens with zero attached hydrogens (tertiary/aromatic N) is 1. The maximum Gasteiger partial charge on any atom is 0.394 e. The highest BCUT2D eigenvalue weighted by molar-refractivity contribution is 6.31. The summed E-state index contributed by atoms with van der Waals surface area (Å²) in [7, 11) is 0. The van der Waals surface area contributed by atoms with Gasteiger partial charge in [0.1, 0.15) is 5.82 Å². The molecule has 1 N–H and O–H groups in total. The minimum atomic E-state index is -1.50. The lowest BCUT2D eigenvalue weighted by Crippen LogP contribution is -2.40. The summed E-state index contributed by atoms with van der Waals surface area (Å²) in [5.74, 6) is -2.87. The van der Waals surface area contributed by atoms with Crippen LogP contribution in [-0.4, -0.2) is 28.4 Å². The standard InChI is InChI=1S/C11H10FNO3/c12-9-3-1-2-7-4-5-13(6-8(7)9)10(14)11(15)16/h1-3H,4-6H2,(H,15,16). The molecule has 1 amide bonds. The van der Waals surface area contributed by atoms with Crippen LogP contribution in [0.5, 0.6) is 0 Å². The second-order valence-electron chi connectivity index (χ2n) is 3.66. The van der Waals surface area contributed by atoms with Crippen molar-refractivity contribution in [1.29, 1.82) is 0 Å². The average Bonchev–Trinajstić information content (AvgIpc) is 2.28. The number of hydrogen-bond acceptors (Lipinski definition) is 2. The summed E-state index contributed by atoms with van der Waals surface area (Å²) in [5.41, 5.74) is 1.26. The van der Waals surface area contributed by atoms with Crippen LogP contribution in [0.2, 0.25) is 0 Å². The van der Waals surface area contributed by atoms with Crippen LogP contribution in [0.25, 0.3) is 0 Å². The second-order valence-corrected chi connectivity index (χ2v) is 3.66. The van der Waals surface area contributed by atoms with Gasteiger partial charge in [0.2, 0.25) is 0 Å². The lowest BCUT2D eigenvalue weighted by molar-refractivity contribution is -0.156. The molecule has 4 nitrogen and oxygen atoms in total. The summed E-state index contributed by atoms with van der Waals surface area (Å²) in [4.78, 5) is 22.9. The lowest BCUT2D eigenvalue weighted by Gasteiger charge is -2.27. The second kappa shape index (κ2) is 3.92. The molecular weight excluding hydrogens is 213 g/mol. The van der Waals surface area contributed by atoms with Gasteiger partial charge in [-0.1, -0.05) is 12.1 Å². The van der Waals surface area contributed by atoms with Crippen LogP contribution in [-0.2, 0) is 22.6 Å². The number of hydrogen-bond donors (Lipinski definition) is 1. The SMILES string of the molecule is O=C(O)C(=O)N1CCc2cccc(F)c2C1. The van der Waals surface area contributed by atoms with Crippen molar-refractivity contribution in [3.63, 3.8) is 0 Å². The first-order chi connectivity index (χ1) is 7.59. The van der Waals surface area contributed by atoms with Crippen LogP contribution < -0.4 is 0 Å². The summed E-state index contributed by atoms with van der Waals surface area (Å²) in [6.45, 7) is 0.356. The molecule has 0 saturated heterocycles. The fourth-order valence-corrected chi connectivity index (χ4v) is 1.85. The molecule has 0 atom stereocenters. The van der Waals surface area contributed by atoms with Crippen LogP contribution in [0.1, 0.15) is 11.1 Å². The number of carbonyl (C=O) groups is 2. The summed E-state index contributed by atoms with van der Waals surface area (Å²) < 4.78 is 13.4. The molecule has 1 aliphatic heterocycles. The highest BCUT2D eigenvalue weighted by Crippen LogP contribution is 2.21. The molecule has 0 aliphatic carbocycles. The molecule has 2 rings (SSSR count). The van der Waals surface area contributed by atoms with Gasteiger partial charge in [0.05, 0.1) is 0 Å². The van der Waals surface area contributed by atoms with Crippen LogP contribution in [0.3, 0.4) is 0 Å². The third-order valence-electron chi connectivity index (χ3n) is 2.69. The minimum Gasteiger partial charge on any atom is -0.474 e. The van der Waals surface area contributed by atoms with Gasteiger partial charge in [-0.15, -0.1) is 0 Å². The first-order valence-corrected chi connectivity index (χ1v) is 4.88. The Morgan fingerprint density at radius 1 is 1.38 bits per heavy atom. The molecule has 1 aromatic carbocycles. The van der Waals surface area contributed by atoms with Gasteiger partial charge in [0, 0.05) is 18.7 Å². The number of rotatable bonds is 0. The Bertz CT molecular complexity index is 459. The fraction of sp³-hybridized carbons (Fsp3) is 0.273. The van der Waals surface area contributed by atoms with Gasteiger partial charge in [-0.25, -0.2) is 9.18 Å². The van der Waals surface area contributed by atoms with E-state index in [1.807, 2.05) is 0 Å². The summed E-state index contributed by atoms with van der Waals surface area (Å²) in [5, 5.41) is 8.57.